The van der Waals surface area contributed by atoms with Crippen LogP contribution in [0.5, 0.6) is 5.75 Å². The van der Waals surface area contributed by atoms with Crippen molar-refractivity contribution < 1.29 is 35.5 Å². The standard InChI is InChI=1S/C30H40FN3O2S.BrH/c1-3-4-5-6-7-8-9-10-11-12-19-36-29-27(31)17-14-18-28(29)33-30(35)32-26-16-13-15-25(20-26)22-34-21-24(2)37-23-34;/h13-18,20-21,23H,3-12,19,22H2,1-2H3,(H-,32,33,35);1H. The second kappa shape index (κ2) is 17.9. The van der Waals surface area contributed by atoms with Crippen molar-refractivity contribution in [2.24, 2.45) is 0 Å². The van der Waals surface area contributed by atoms with Gasteiger partial charge in [0.25, 0.3) is 0 Å². The number of amides is 2. The van der Waals surface area contributed by atoms with E-state index in [1.54, 1.807) is 23.5 Å². The van der Waals surface area contributed by atoms with Gasteiger partial charge in [-0.15, -0.1) is 0 Å². The fourth-order valence-corrected chi connectivity index (χ4v) is 4.92. The number of para-hydroxylation sites is 1. The van der Waals surface area contributed by atoms with Crippen LogP contribution < -0.4 is 36.9 Å². The van der Waals surface area contributed by atoms with Crippen LogP contribution in [0, 0.1) is 12.7 Å². The van der Waals surface area contributed by atoms with Crippen molar-refractivity contribution >= 4 is 28.7 Å². The Kier molecular flexibility index (Phi) is 15.0. The van der Waals surface area contributed by atoms with Crippen LogP contribution in [0.2, 0.25) is 0 Å². The Morgan fingerprint density at radius 2 is 1.63 bits per heavy atom. The Hall–Kier alpha value is -2.45. The SMILES string of the molecule is CCCCCCCCCCCCOc1c(F)cccc1NC(=O)Nc1cccc(C[n+]2csc(C)c2)c1.[Br-]. The van der Waals surface area contributed by atoms with Gasteiger partial charge in [-0.05, 0) is 37.6 Å². The first kappa shape index (κ1) is 31.8. The number of hydrogen-bond donors (Lipinski definition) is 2. The molecule has 0 aliphatic carbocycles. The van der Waals surface area contributed by atoms with Crippen LogP contribution in [-0.4, -0.2) is 12.6 Å². The predicted octanol–water partition coefficient (Wildman–Crippen LogP) is 5.48. The van der Waals surface area contributed by atoms with E-state index in [9.17, 15) is 9.18 Å². The normalized spacial score (nSPS) is 10.6. The van der Waals surface area contributed by atoms with Crippen molar-refractivity contribution in [3.05, 3.63) is 70.4 Å². The molecule has 0 saturated heterocycles. The van der Waals surface area contributed by atoms with Crippen molar-refractivity contribution in [3.63, 3.8) is 0 Å². The molecule has 0 spiro atoms. The lowest BCUT2D eigenvalue weighted by Gasteiger charge is -2.14. The molecule has 3 rings (SSSR count). The maximum atomic E-state index is 14.5. The van der Waals surface area contributed by atoms with Gasteiger partial charge in [-0.1, -0.05) is 94.2 Å². The van der Waals surface area contributed by atoms with Gasteiger partial charge in [-0.2, -0.15) is 4.57 Å². The van der Waals surface area contributed by atoms with E-state index < -0.39 is 11.8 Å². The topological polar surface area (TPSA) is 54.2 Å². The number of rotatable bonds is 16. The van der Waals surface area contributed by atoms with E-state index >= 15 is 0 Å². The van der Waals surface area contributed by atoms with Crippen molar-refractivity contribution in [1.29, 1.82) is 0 Å². The van der Waals surface area contributed by atoms with Crippen molar-refractivity contribution in [2.75, 3.05) is 17.2 Å². The Labute approximate surface area is 241 Å². The number of aromatic nitrogens is 1. The highest BCUT2D eigenvalue weighted by molar-refractivity contribution is 7.09. The van der Waals surface area contributed by atoms with E-state index in [0.717, 1.165) is 24.9 Å². The monoisotopic (exact) mass is 605 g/mol. The van der Waals surface area contributed by atoms with Crippen LogP contribution >= 0.6 is 11.3 Å². The molecule has 0 bridgehead atoms. The molecule has 0 atom stereocenters. The zero-order valence-corrected chi connectivity index (χ0v) is 25.0. The maximum absolute atomic E-state index is 14.5. The first-order valence-electron chi connectivity index (χ1n) is 13.6. The van der Waals surface area contributed by atoms with E-state index in [1.807, 2.05) is 24.3 Å². The number of carbonyl (C=O) groups is 1. The van der Waals surface area contributed by atoms with Gasteiger partial charge in [0.2, 0.25) is 5.51 Å². The molecular formula is C30H41BrFN3O2S. The highest BCUT2D eigenvalue weighted by Crippen LogP contribution is 2.28. The molecule has 38 heavy (non-hydrogen) atoms. The summed E-state index contributed by atoms with van der Waals surface area (Å²) < 4.78 is 22.4. The molecule has 0 aliphatic heterocycles. The summed E-state index contributed by atoms with van der Waals surface area (Å²) >= 11 is 1.70. The summed E-state index contributed by atoms with van der Waals surface area (Å²) in [6, 6.07) is 11.8. The Bertz CT molecular complexity index is 1110. The second-order valence-corrected chi connectivity index (χ2v) is 10.7. The van der Waals surface area contributed by atoms with Crippen LogP contribution in [0.25, 0.3) is 0 Å². The summed E-state index contributed by atoms with van der Waals surface area (Å²) in [5.41, 5.74) is 4.15. The third kappa shape index (κ3) is 11.5. The number of ether oxygens (including phenoxy) is 1. The Balaban J connectivity index is 0.00000507. The number of carbonyl (C=O) groups excluding carboxylic acids is 1. The van der Waals surface area contributed by atoms with Crippen molar-refractivity contribution in [1.82, 2.24) is 0 Å². The zero-order chi connectivity index (χ0) is 26.3. The number of benzene rings is 2. The lowest BCUT2D eigenvalue weighted by molar-refractivity contribution is -0.683. The van der Waals surface area contributed by atoms with Crippen LogP contribution in [0.4, 0.5) is 20.6 Å². The van der Waals surface area contributed by atoms with Gasteiger partial charge in [-0.3, -0.25) is 0 Å². The van der Waals surface area contributed by atoms with Crippen molar-refractivity contribution in [2.45, 2.75) is 84.6 Å². The summed E-state index contributed by atoms with van der Waals surface area (Å²) in [6.45, 7) is 5.47. The van der Waals surface area contributed by atoms with Gasteiger partial charge in [0.1, 0.15) is 0 Å². The lowest BCUT2D eigenvalue weighted by Crippen LogP contribution is -3.00. The first-order valence-corrected chi connectivity index (χ1v) is 14.5. The third-order valence-corrected chi connectivity index (χ3v) is 7.08. The van der Waals surface area contributed by atoms with Crippen molar-refractivity contribution in [3.8, 4) is 5.75 Å². The Morgan fingerprint density at radius 3 is 2.32 bits per heavy atom. The minimum Gasteiger partial charge on any atom is -1.00 e. The number of urea groups is 1. The molecule has 0 unspecified atom stereocenters. The van der Waals surface area contributed by atoms with Crippen LogP contribution in [-0.2, 0) is 6.54 Å². The minimum atomic E-state index is -0.477. The number of thiazole rings is 1. The van der Waals surface area contributed by atoms with Gasteiger partial charge in [0, 0.05) is 11.3 Å². The number of aryl methyl sites for hydroxylation is 1. The van der Waals surface area contributed by atoms with E-state index in [1.165, 1.54) is 62.3 Å². The molecule has 0 saturated carbocycles. The molecule has 208 valence electrons. The number of nitrogens with zero attached hydrogens (tertiary/aromatic N) is 1. The molecule has 2 N–H and O–H groups in total. The number of halogens is 2. The third-order valence-electron chi connectivity index (χ3n) is 6.23. The van der Waals surface area contributed by atoms with E-state index in [-0.39, 0.29) is 22.7 Å². The molecular weight excluding hydrogens is 565 g/mol. The van der Waals surface area contributed by atoms with Crippen LogP contribution in [0.3, 0.4) is 0 Å². The van der Waals surface area contributed by atoms with Gasteiger partial charge in [0.05, 0.1) is 17.2 Å². The summed E-state index contributed by atoms with van der Waals surface area (Å²) in [4.78, 5) is 13.9. The fourth-order valence-electron chi connectivity index (χ4n) is 4.29. The average molecular weight is 607 g/mol. The van der Waals surface area contributed by atoms with Gasteiger partial charge < -0.3 is 32.4 Å². The Morgan fingerprint density at radius 1 is 0.947 bits per heavy atom. The van der Waals surface area contributed by atoms with Gasteiger partial charge in [-0.25, -0.2) is 9.18 Å². The smallest absolute Gasteiger partial charge is 0.323 e. The summed E-state index contributed by atoms with van der Waals surface area (Å²) in [6.07, 6.45) is 14.4. The zero-order valence-electron chi connectivity index (χ0n) is 22.6. The van der Waals surface area contributed by atoms with Gasteiger partial charge >= 0.3 is 6.03 Å². The molecule has 0 radical (unpaired) electrons. The average Bonchev–Trinajstić information content (AvgIpc) is 3.28. The summed E-state index contributed by atoms with van der Waals surface area (Å²) in [7, 11) is 0. The number of nitrogens with one attached hydrogen (secondary N) is 2. The van der Waals surface area contributed by atoms with Crippen LogP contribution in [0.15, 0.2) is 54.2 Å². The molecule has 5 nitrogen and oxygen atoms in total. The largest absolute Gasteiger partial charge is 1.00 e. The van der Waals surface area contributed by atoms with Crippen LogP contribution in [0.1, 0.15) is 81.6 Å². The molecule has 0 aliphatic rings. The van der Waals surface area contributed by atoms with E-state index in [4.69, 9.17) is 4.74 Å². The predicted molar refractivity (Wildman–Crippen MR) is 151 cm³/mol. The number of unbranched alkanes of at least 4 members (excludes halogenated alkanes) is 9. The molecule has 1 aromatic heterocycles. The lowest BCUT2D eigenvalue weighted by atomic mass is 10.1. The molecule has 8 heteroatoms. The summed E-state index contributed by atoms with van der Waals surface area (Å²) in [5.74, 6) is -0.387. The summed E-state index contributed by atoms with van der Waals surface area (Å²) in [5, 5.41) is 5.59. The molecule has 1 heterocycles. The quantitative estimate of drug-likeness (QED) is 0.168. The number of hydrogen-bond acceptors (Lipinski definition) is 3. The molecule has 0 fully saturated rings. The highest BCUT2D eigenvalue weighted by atomic mass is 79.9. The molecule has 2 amide bonds. The second-order valence-electron chi connectivity index (χ2n) is 9.56. The van der Waals surface area contributed by atoms with Gasteiger partial charge in [0.15, 0.2) is 24.3 Å². The highest BCUT2D eigenvalue weighted by Gasteiger charge is 2.13. The molecule has 3 aromatic rings. The van der Waals surface area contributed by atoms with E-state index in [2.05, 4.69) is 40.8 Å². The van der Waals surface area contributed by atoms with E-state index in [0.29, 0.717) is 18.0 Å². The molecule has 2 aromatic carbocycles. The number of anilines is 2. The minimum absolute atomic E-state index is 0. The maximum Gasteiger partial charge on any atom is 0.323 e. The first-order chi connectivity index (χ1) is 18.0. The fraction of sp³-hybridized carbons (Fsp3) is 0.467.